The van der Waals surface area contributed by atoms with Gasteiger partial charge >= 0.3 is 0 Å². The van der Waals surface area contributed by atoms with Gasteiger partial charge < -0.3 is 9.47 Å². The van der Waals surface area contributed by atoms with Crippen LogP contribution in [0.15, 0.2) is 18.2 Å². The van der Waals surface area contributed by atoms with Crippen LogP contribution in [0.25, 0.3) is 0 Å². The number of rotatable bonds is 3. The van der Waals surface area contributed by atoms with Crippen LogP contribution in [0.2, 0.25) is 0 Å². The Morgan fingerprint density at radius 1 is 1.50 bits per heavy atom. The Bertz CT molecular complexity index is 459. The van der Waals surface area contributed by atoms with E-state index in [1.807, 2.05) is 0 Å². The number of benzene rings is 1. The molecule has 1 aromatic rings. The van der Waals surface area contributed by atoms with E-state index in [-0.39, 0.29) is 11.9 Å². The van der Waals surface area contributed by atoms with Crippen LogP contribution in [0.5, 0.6) is 5.75 Å². The summed E-state index contributed by atoms with van der Waals surface area (Å²) < 4.78 is 24.2. The molecule has 1 heterocycles. The van der Waals surface area contributed by atoms with E-state index in [4.69, 9.17) is 21.1 Å². The summed E-state index contributed by atoms with van der Waals surface area (Å²) in [7, 11) is 0. The third-order valence-corrected chi connectivity index (χ3v) is 2.75. The molecular formula is C14H14ClFO2. The number of halogens is 2. The Labute approximate surface area is 111 Å². The first-order chi connectivity index (χ1) is 8.79. The maximum atomic E-state index is 13.2. The molecule has 0 N–H and O–H groups in total. The van der Waals surface area contributed by atoms with Gasteiger partial charge in [-0.05, 0) is 18.2 Å². The summed E-state index contributed by atoms with van der Waals surface area (Å²) in [6.07, 6.45) is 1.46. The van der Waals surface area contributed by atoms with E-state index in [0.717, 1.165) is 6.42 Å². The number of alkyl halides is 1. The largest absolute Gasteiger partial charge is 0.487 e. The van der Waals surface area contributed by atoms with Crippen molar-refractivity contribution in [3.8, 4) is 17.6 Å². The molecule has 18 heavy (non-hydrogen) atoms. The molecule has 0 aromatic heterocycles. The van der Waals surface area contributed by atoms with Crippen molar-refractivity contribution in [3.63, 3.8) is 0 Å². The average molecular weight is 269 g/mol. The first kappa shape index (κ1) is 13.2. The zero-order valence-electron chi connectivity index (χ0n) is 9.92. The molecule has 0 bridgehead atoms. The van der Waals surface area contributed by atoms with E-state index in [0.29, 0.717) is 36.8 Å². The lowest BCUT2D eigenvalue weighted by molar-refractivity contribution is 0.141. The molecule has 1 saturated heterocycles. The van der Waals surface area contributed by atoms with E-state index in [9.17, 15) is 4.39 Å². The van der Waals surface area contributed by atoms with E-state index < -0.39 is 0 Å². The summed E-state index contributed by atoms with van der Waals surface area (Å²) in [6.45, 7) is 1.28. The molecule has 0 amide bonds. The average Bonchev–Trinajstić information content (AvgIpc) is 2.86. The maximum absolute atomic E-state index is 13.2. The molecule has 2 nitrogen and oxygen atoms in total. The molecule has 1 fully saturated rings. The van der Waals surface area contributed by atoms with E-state index >= 15 is 0 Å². The summed E-state index contributed by atoms with van der Waals surface area (Å²) in [4.78, 5) is 0. The molecule has 4 heteroatoms. The van der Waals surface area contributed by atoms with Gasteiger partial charge in [0.2, 0.25) is 0 Å². The minimum atomic E-state index is -0.319. The highest BCUT2D eigenvalue weighted by Gasteiger charge is 2.18. The summed E-state index contributed by atoms with van der Waals surface area (Å²) in [5.74, 6) is 6.53. The van der Waals surface area contributed by atoms with Gasteiger partial charge in [0, 0.05) is 18.7 Å². The Hall–Kier alpha value is -1.24. The first-order valence-corrected chi connectivity index (χ1v) is 6.42. The normalized spacial score (nSPS) is 18.2. The van der Waals surface area contributed by atoms with Crippen molar-refractivity contribution in [1.29, 1.82) is 0 Å². The van der Waals surface area contributed by atoms with Gasteiger partial charge in [-0.3, -0.25) is 0 Å². The second-order valence-electron chi connectivity index (χ2n) is 3.98. The van der Waals surface area contributed by atoms with E-state index in [1.54, 1.807) is 6.07 Å². The second kappa shape index (κ2) is 6.63. The Balaban J connectivity index is 2.15. The van der Waals surface area contributed by atoms with Crippen LogP contribution in [0.4, 0.5) is 4.39 Å². The Morgan fingerprint density at radius 2 is 2.39 bits per heavy atom. The van der Waals surface area contributed by atoms with Gasteiger partial charge in [-0.2, -0.15) is 0 Å². The third-order valence-electron chi connectivity index (χ3n) is 2.57. The van der Waals surface area contributed by atoms with Crippen molar-refractivity contribution in [2.24, 2.45) is 0 Å². The molecular weight excluding hydrogens is 255 g/mol. The predicted molar refractivity (Wildman–Crippen MR) is 68.5 cm³/mol. The van der Waals surface area contributed by atoms with Gasteiger partial charge in [-0.15, -0.1) is 11.6 Å². The van der Waals surface area contributed by atoms with Crippen molar-refractivity contribution in [2.75, 3.05) is 19.1 Å². The number of ether oxygens (including phenoxy) is 2. The van der Waals surface area contributed by atoms with Crippen molar-refractivity contribution < 1.29 is 13.9 Å². The SMILES string of the molecule is Fc1ccc(OC2CCOC2)c(C#CCCCl)c1. The molecule has 1 aromatic carbocycles. The predicted octanol–water partition coefficient (Wildman–Crippen LogP) is 2.97. The molecule has 1 aliphatic rings. The third kappa shape index (κ3) is 3.63. The molecule has 0 spiro atoms. The van der Waals surface area contributed by atoms with E-state index in [1.165, 1.54) is 12.1 Å². The minimum Gasteiger partial charge on any atom is -0.487 e. The molecule has 1 aliphatic heterocycles. The van der Waals surface area contributed by atoms with Crippen LogP contribution in [0.3, 0.4) is 0 Å². The van der Waals surface area contributed by atoms with E-state index in [2.05, 4.69) is 11.8 Å². The fourth-order valence-electron chi connectivity index (χ4n) is 1.69. The summed E-state index contributed by atoms with van der Waals surface area (Å²) >= 11 is 5.55. The van der Waals surface area contributed by atoms with Crippen LogP contribution < -0.4 is 4.74 Å². The zero-order chi connectivity index (χ0) is 12.8. The molecule has 1 atom stereocenters. The van der Waals surface area contributed by atoms with Crippen molar-refractivity contribution in [3.05, 3.63) is 29.6 Å². The van der Waals surface area contributed by atoms with Crippen LogP contribution >= 0.6 is 11.6 Å². The highest BCUT2D eigenvalue weighted by Crippen LogP contribution is 2.22. The fourth-order valence-corrected chi connectivity index (χ4v) is 1.79. The van der Waals surface area contributed by atoms with Crippen LogP contribution in [-0.4, -0.2) is 25.2 Å². The lowest BCUT2D eigenvalue weighted by Gasteiger charge is -2.13. The molecule has 0 saturated carbocycles. The summed E-state index contributed by atoms with van der Waals surface area (Å²) in [5.41, 5.74) is 0.562. The lowest BCUT2D eigenvalue weighted by Crippen LogP contribution is -2.16. The van der Waals surface area contributed by atoms with Crippen LogP contribution in [-0.2, 0) is 4.74 Å². The van der Waals surface area contributed by atoms with Gasteiger partial charge in [0.1, 0.15) is 17.7 Å². The topological polar surface area (TPSA) is 18.5 Å². The smallest absolute Gasteiger partial charge is 0.135 e. The van der Waals surface area contributed by atoms with Gasteiger partial charge in [0.15, 0.2) is 0 Å². The van der Waals surface area contributed by atoms with Crippen molar-refractivity contribution in [1.82, 2.24) is 0 Å². The highest BCUT2D eigenvalue weighted by atomic mass is 35.5. The number of hydrogen-bond donors (Lipinski definition) is 0. The van der Waals surface area contributed by atoms with Crippen molar-refractivity contribution in [2.45, 2.75) is 18.9 Å². The summed E-state index contributed by atoms with van der Waals surface area (Å²) in [6, 6.07) is 4.36. The first-order valence-electron chi connectivity index (χ1n) is 5.88. The quantitative estimate of drug-likeness (QED) is 0.620. The molecule has 0 radical (unpaired) electrons. The maximum Gasteiger partial charge on any atom is 0.135 e. The van der Waals surface area contributed by atoms with Crippen LogP contribution in [0, 0.1) is 17.7 Å². The fraction of sp³-hybridized carbons (Fsp3) is 0.429. The molecule has 0 aliphatic carbocycles. The Kier molecular flexibility index (Phi) is 4.86. The van der Waals surface area contributed by atoms with Crippen LogP contribution in [0.1, 0.15) is 18.4 Å². The van der Waals surface area contributed by atoms with Gasteiger partial charge in [0.05, 0.1) is 18.8 Å². The van der Waals surface area contributed by atoms with Crippen molar-refractivity contribution >= 4 is 11.6 Å². The molecule has 2 rings (SSSR count). The van der Waals surface area contributed by atoms with Gasteiger partial charge in [-0.25, -0.2) is 4.39 Å². The number of hydrogen-bond acceptors (Lipinski definition) is 2. The highest BCUT2D eigenvalue weighted by molar-refractivity contribution is 6.18. The minimum absolute atomic E-state index is 0.0315. The Morgan fingerprint density at radius 3 is 3.11 bits per heavy atom. The van der Waals surface area contributed by atoms with Gasteiger partial charge in [-0.1, -0.05) is 11.8 Å². The molecule has 96 valence electrons. The molecule has 1 unspecified atom stereocenters. The van der Waals surface area contributed by atoms with Gasteiger partial charge in [0.25, 0.3) is 0 Å². The zero-order valence-corrected chi connectivity index (χ0v) is 10.7. The standard InChI is InChI=1S/C14H14ClFO2/c15-7-2-1-3-11-9-12(16)4-5-14(11)18-13-6-8-17-10-13/h4-5,9,13H,2,6-8,10H2. The monoisotopic (exact) mass is 268 g/mol. The lowest BCUT2D eigenvalue weighted by atomic mass is 10.2. The second-order valence-corrected chi connectivity index (χ2v) is 4.36. The summed E-state index contributed by atoms with van der Waals surface area (Å²) in [5, 5.41) is 0.